The number of furan rings is 1. The van der Waals surface area contributed by atoms with Gasteiger partial charge in [-0.3, -0.25) is 4.79 Å². The predicted octanol–water partition coefficient (Wildman–Crippen LogP) is 0.941. The van der Waals surface area contributed by atoms with Gasteiger partial charge in [0.1, 0.15) is 5.54 Å². The van der Waals surface area contributed by atoms with Crippen molar-refractivity contribution in [2.45, 2.75) is 24.5 Å². The summed E-state index contributed by atoms with van der Waals surface area (Å²) in [5.41, 5.74) is -1.13. The minimum absolute atomic E-state index is 0.169. The molecule has 8 heteroatoms. The fourth-order valence-electron chi connectivity index (χ4n) is 1.85. The number of nitrogens with one attached hydrogen (secondary N) is 1. The lowest BCUT2D eigenvalue weighted by atomic mass is 10.0. The summed E-state index contributed by atoms with van der Waals surface area (Å²) < 4.78 is 31.4. The molecule has 0 radical (unpaired) electrons. The molecule has 1 amide bonds. The van der Waals surface area contributed by atoms with Gasteiger partial charge in [-0.1, -0.05) is 0 Å². The Labute approximate surface area is 114 Å². The maximum absolute atomic E-state index is 12.4. The van der Waals surface area contributed by atoms with Crippen LogP contribution >= 0.6 is 15.9 Å². The average Bonchev–Trinajstić information content (AvgIpc) is 2.69. The number of hydrogen-bond donors (Lipinski definition) is 1. The lowest BCUT2D eigenvalue weighted by Gasteiger charge is -2.39. The van der Waals surface area contributed by atoms with E-state index in [2.05, 4.69) is 21.2 Å². The molecule has 0 unspecified atom stereocenters. The molecule has 18 heavy (non-hydrogen) atoms. The average molecular weight is 337 g/mol. The molecule has 0 atom stereocenters. The van der Waals surface area contributed by atoms with Gasteiger partial charge in [0.15, 0.2) is 4.67 Å². The zero-order valence-electron chi connectivity index (χ0n) is 9.94. The van der Waals surface area contributed by atoms with Gasteiger partial charge >= 0.3 is 0 Å². The SMILES string of the molecule is CC1(C)C(=O)NCCN1S(=O)(=O)c1ccc(Br)o1. The number of piperazine rings is 1. The second kappa shape index (κ2) is 4.36. The molecule has 0 aromatic carbocycles. The van der Waals surface area contributed by atoms with Crippen molar-refractivity contribution in [2.24, 2.45) is 0 Å². The normalized spacial score (nSPS) is 20.7. The molecular formula is C10H13BrN2O4S. The number of carbonyl (C=O) groups excluding carboxylic acids is 1. The molecule has 1 aromatic heterocycles. The maximum atomic E-state index is 12.4. The zero-order chi connectivity index (χ0) is 13.6. The molecule has 1 saturated heterocycles. The number of nitrogens with zero attached hydrogens (tertiary/aromatic N) is 1. The third-order valence-corrected chi connectivity index (χ3v) is 5.25. The minimum Gasteiger partial charge on any atom is -0.437 e. The van der Waals surface area contributed by atoms with Crippen LogP contribution in [0.1, 0.15) is 13.8 Å². The highest BCUT2D eigenvalue weighted by molar-refractivity contribution is 9.10. The van der Waals surface area contributed by atoms with Crippen molar-refractivity contribution in [1.82, 2.24) is 9.62 Å². The Bertz CT molecular complexity index is 578. The second-order valence-electron chi connectivity index (χ2n) is 4.45. The lowest BCUT2D eigenvalue weighted by molar-refractivity contribution is -0.131. The highest BCUT2D eigenvalue weighted by Crippen LogP contribution is 2.28. The van der Waals surface area contributed by atoms with Crippen LogP contribution in [0, 0.1) is 0 Å². The van der Waals surface area contributed by atoms with Crippen LogP contribution in [0.25, 0.3) is 0 Å². The van der Waals surface area contributed by atoms with E-state index in [1.165, 1.54) is 12.1 Å². The lowest BCUT2D eigenvalue weighted by Crippen LogP contribution is -2.63. The number of halogens is 1. The van der Waals surface area contributed by atoms with E-state index in [0.717, 1.165) is 4.31 Å². The first-order valence-corrected chi connectivity index (χ1v) is 7.56. The highest BCUT2D eigenvalue weighted by atomic mass is 79.9. The topological polar surface area (TPSA) is 79.6 Å². The summed E-state index contributed by atoms with van der Waals surface area (Å²) in [7, 11) is -3.81. The van der Waals surface area contributed by atoms with Crippen molar-refractivity contribution in [3.63, 3.8) is 0 Å². The first kappa shape index (κ1) is 13.6. The summed E-state index contributed by atoms with van der Waals surface area (Å²) in [6.45, 7) is 3.65. The van der Waals surface area contributed by atoms with Crippen LogP contribution in [0.15, 0.2) is 26.3 Å². The minimum atomic E-state index is -3.81. The van der Waals surface area contributed by atoms with Gasteiger partial charge in [0.05, 0.1) is 0 Å². The van der Waals surface area contributed by atoms with E-state index in [9.17, 15) is 13.2 Å². The molecule has 100 valence electrons. The molecule has 1 aliphatic heterocycles. The van der Waals surface area contributed by atoms with Gasteiger partial charge in [-0.25, -0.2) is 8.42 Å². The third kappa shape index (κ3) is 2.08. The Morgan fingerprint density at radius 1 is 1.44 bits per heavy atom. The Morgan fingerprint density at radius 2 is 2.11 bits per heavy atom. The number of hydrogen-bond acceptors (Lipinski definition) is 4. The summed E-state index contributed by atoms with van der Waals surface area (Å²) in [4.78, 5) is 11.8. The molecule has 1 aromatic rings. The number of amides is 1. The molecule has 1 fully saturated rings. The summed E-state index contributed by atoms with van der Waals surface area (Å²) in [6.07, 6.45) is 0. The van der Waals surface area contributed by atoms with E-state index >= 15 is 0 Å². The summed E-state index contributed by atoms with van der Waals surface area (Å²) in [5.74, 6) is -0.317. The van der Waals surface area contributed by atoms with Gasteiger partial charge in [-0.2, -0.15) is 4.31 Å². The molecular weight excluding hydrogens is 324 g/mol. The standard InChI is InChI=1S/C10H13BrN2O4S/c1-10(2)9(14)12-5-6-13(10)18(15,16)8-4-3-7(11)17-8/h3-4H,5-6H2,1-2H3,(H,12,14). The molecule has 0 aliphatic carbocycles. The van der Waals surface area contributed by atoms with E-state index in [0.29, 0.717) is 11.2 Å². The summed E-state index contributed by atoms with van der Waals surface area (Å²) in [5, 5.41) is 2.48. The van der Waals surface area contributed by atoms with Crippen molar-refractivity contribution >= 4 is 31.9 Å². The molecule has 0 bridgehead atoms. The second-order valence-corrected chi connectivity index (χ2v) is 7.03. The van der Waals surface area contributed by atoms with Crippen LogP contribution < -0.4 is 5.32 Å². The van der Waals surface area contributed by atoms with Crippen molar-refractivity contribution in [2.75, 3.05) is 13.1 Å². The Balaban J connectivity index is 2.44. The van der Waals surface area contributed by atoms with Gasteiger partial charge in [0, 0.05) is 13.1 Å². The van der Waals surface area contributed by atoms with Crippen molar-refractivity contribution in [1.29, 1.82) is 0 Å². The van der Waals surface area contributed by atoms with Crippen molar-refractivity contribution < 1.29 is 17.6 Å². The van der Waals surface area contributed by atoms with Gasteiger partial charge in [-0.15, -0.1) is 0 Å². The van der Waals surface area contributed by atoms with E-state index in [1.54, 1.807) is 13.8 Å². The molecule has 2 heterocycles. The third-order valence-electron chi connectivity index (χ3n) is 2.87. The molecule has 6 nitrogen and oxygen atoms in total. The van der Waals surface area contributed by atoms with E-state index < -0.39 is 15.6 Å². The Hall–Kier alpha value is -0.860. The molecule has 1 aliphatic rings. The van der Waals surface area contributed by atoms with Crippen LogP contribution in [0.5, 0.6) is 0 Å². The van der Waals surface area contributed by atoms with E-state index in [-0.39, 0.29) is 17.5 Å². The highest BCUT2D eigenvalue weighted by Gasteiger charge is 2.45. The van der Waals surface area contributed by atoms with E-state index in [4.69, 9.17) is 4.42 Å². The Kier molecular flexibility index (Phi) is 3.28. The van der Waals surface area contributed by atoms with Crippen molar-refractivity contribution in [3.05, 3.63) is 16.8 Å². The largest absolute Gasteiger partial charge is 0.437 e. The molecule has 0 spiro atoms. The van der Waals surface area contributed by atoms with Crippen LogP contribution in [-0.2, 0) is 14.8 Å². The predicted molar refractivity (Wildman–Crippen MR) is 67.4 cm³/mol. The molecule has 1 N–H and O–H groups in total. The monoisotopic (exact) mass is 336 g/mol. The van der Waals surface area contributed by atoms with Gasteiger partial charge in [0.25, 0.3) is 10.0 Å². The maximum Gasteiger partial charge on any atom is 0.277 e. The van der Waals surface area contributed by atoms with Gasteiger partial charge in [-0.05, 0) is 41.9 Å². The smallest absolute Gasteiger partial charge is 0.277 e. The van der Waals surface area contributed by atoms with Gasteiger partial charge < -0.3 is 9.73 Å². The van der Waals surface area contributed by atoms with Crippen molar-refractivity contribution in [3.8, 4) is 0 Å². The molecule has 2 rings (SSSR count). The van der Waals surface area contributed by atoms with Crippen LogP contribution in [0.3, 0.4) is 0 Å². The Morgan fingerprint density at radius 3 is 2.67 bits per heavy atom. The zero-order valence-corrected chi connectivity index (χ0v) is 12.3. The fourth-order valence-corrected chi connectivity index (χ4v) is 3.93. The first-order valence-electron chi connectivity index (χ1n) is 5.33. The number of sulfonamides is 1. The molecule has 0 saturated carbocycles. The van der Waals surface area contributed by atoms with Crippen LogP contribution in [0.2, 0.25) is 0 Å². The van der Waals surface area contributed by atoms with Gasteiger partial charge in [0.2, 0.25) is 11.0 Å². The quantitative estimate of drug-likeness (QED) is 0.871. The summed E-state index contributed by atoms with van der Waals surface area (Å²) >= 11 is 3.06. The number of rotatable bonds is 2. The fraction of sp³-hybridized carbons (Fsp3) is 0.500. The van der Waals surface area contributed by atoms with E-state index in [1.807, 2.05) is 0 Å². The van der Waals surface area contributed by atoms with Crippen LogP contribution in [-0.4, -0.2) is 37.3 Å². The number of carbonyl (C=O) groups is 1. The first-order chi connectivity index (χ1) is 8.26. The van der Waals surface area contributed by atoms with Crippen LogP contribution in [0.4, 0.5) is 0 Å². The summed E-state index contributed by atoms with van der Waals surface area (Å²) in [6, 6.07) is 2.87.